The van der Waals surface area contributed by atoms with Crippen LogP contribution in [0.4, 0.5) is 0 Å². The number of phenolic OH excluding ortho intramolecular Hbond substituents is 1. The van der Waals surface area contributed by atoms with Gasteiger partial charge in [-0.1, -0.05) is 60.7 Å². The van der Waals surface area contributed by atoms with E-state index >= 15 is 0 Å². The Kier molecular flexibility index (Phi) is 4.50. The van der Waals surface area contributed by atoms with Gasteiger partial charge in [-0.2, -0.15) is 0 Å². The number of hydrogen-bond acceptors (Lipinski definition) is 1. The molecule has 3 rings (SSSR count). The molecule has 0 radical (unpaired) electrons. The highest BCUT2D eigenvalue weighted by molar-refractivity contribution is 7.79. The molecule has 0 saturated carbocycles. The molecule has 0 aromatic heterocycles. The van der Waals surface area contributed by atoms with Crippen molar-refractivity contribution >= 4 is 23.8 Å². The molecule has 0 amide bonds. The van der Waals surface area contributed by atoms with Crippen LogP contribution in [0.25, 0.3) is 0 Å². The molecule has 2 heteroatoms. The van der Waals surface area contributed by atoms with E-state index in [0.29, 0.717) is 5.75 Å². The van der Waals surface area contributed by atoms with Gasteiger partial charge in [-0.15, -0.1) is 0 Å². The third kappa shape index (κ3) is 3.02. The van der Waals surface area contributed by atoms with Crippen LogP contribution >= 0.6 is 7.92 Å². The minimum Gasteiger partial charge on any atom is -0.507 e. The Hall–Kier alpha value is -2.11. The van der Waals surface area contributed by atoms with Crippen molar-refractivity contribution in [2.24, 2.45) is 0 Å². The molecule has 3 aromatic rings. The van der Waals surface area contributed by atoms with Gasteiger partial charge in [-0.3, -0.25) is 0 Å². The van der Waals surface area contributed by atoms with Crippen LogP contribution < -0.4 is 15.9 Å². The van der Waals surface area contributed by atoms with Crippen molar-refractivity contribution < 1.29 is 5.11 Å². The largest absolute Gasteiger partial charge is 0.507 e. The lowest BCUT2D eigenvalue weighted by molar-refractivity contribution is 0.466. The Morgan fingerprint density at radius 3 is 1.65 bits per heavy atom. The van der Waals surface area contributed by atoms with Crippen LogP contribution in [-0.4, -0.2) is 5.11 Å². The average molecular weight is 320 g/mol. The van der Waals surface area contributed by atoms with Crippen molar-refractivity contribution in [3.8, 4) is 5.75 Å². The molecule has 0 aliphatic rings. The molecule has 0 fully saturated rings. The van der Waals surface area contributed by atoms with Gasteiger partial charge in [0.25, 0.3) is 0 Å². The molecule has 3 aromatic carbocycles. The summed E-state index contributed by atoms with van der Waals surface area (Å²) in [6.45, 7) is 6.10. The summed E-state index contributed by atoms with van der Waals surface area (Å²) in [5.74, 6) is 0.419. The third-order valence-corrected chi connectivity index (χ3v) is 6.87. The van der Waals surface area contributed by atoms with E-state index in [2.05, 4.69) is 73.7 Å². The predicted octanol–water partition coefficient (Wildman–Crippen LogP) is 4.08. The lowest BCUT2D eigenvalue weighted by Crippen LogP contribution is -2.23. The summed E-state index contributed by atoms with van der Waals surface area (Å²) in [5.41, 5.74) is 3.12. The Labute approximate surface area is 139 Å². The van der Waals surface area contributed by atoms with Crippen molar-refractivity contribution in [1.82, 2.24) is 0 Å². The van der Waals surface area contributed by atoms with Gasteiger partial charge in [-0.25, -0.2) is 0 Å². The summed E-state index contributed by atoms with van der Waals surface area (Å²) in [4.78, 5) is 0. The zero-order chi connectivity index (χ0) is 16.4. The third-order valence-electron chi connectivity index (χ3n) is 4.30. The van der Waals surface area contributed by atoms with E-state index in [1.165, 1.54) is 21.5 Å². The van der Waals surface area contributed by atoms with E-state index in [9.17, 15) is 5.11 Å². The summed E-state index contributed by atoms with van der Waals surface area (Å²) in [5, 5.41) is 14.2. The van der Waals surface area contributed by atoms with Gasteiger partial charge >= 0.3 is 0 Å². The first kappa shape index (κ1) is 15.8. The maximum absolute atomic E-state index is 10.2. The fraction of sp³-hybridized carbons (Fsp3) is 0.143. The van der Waals surface area contributed by atoms with E-state index in [0.717, 1.165) is 11.1 Å². The maximum atomic E-state index is 10.2. The SMILES string of the molecule is Cc1cc(P(c2ccccc2)c2ccccc2)c(C)c(C)c1O. The number of phenols is 1. The van der Waals surface area contributed by atoms with E-state index in [1.54, 1.807) is 0 Å². The molecular weight excluding hydrogens is 299 g/mol. The molecule has 0 saturated heterocycles. The lowest BCUT2D eigenvalue weighted by Gasteiger charge is -2.23. The molecular formula is C21H21OP. The van der Waals surface area contributed by atoms with E-state index < -0.39 is 7.92 Å². The summed E-state index contributed by atoms with van der Waals surface area (Å²) in [6, 6.07) is 23.5. The Morgan fingerprint density at radius 2 is 1.17 bits per heavy atom. The number of hydrogen-bond donors (Lipinski definition) is 1. The second-order valence-electron chi connectivity index (χ2n) is 5.82. The monoisotopic (exact) mass is 320 g/mol. The van der Waals surface area contributed by atoms with Gasteiger partial charge in [0.15, 0.2) is 0 Å². The minimum absolute atomic E-state index is 0.419. The molecule has 0 aliphatic heterocycles. The van der Waals surface area contributed by atoms with Crippen LogP contribution in [-0.2, 0) is 0 Å². The Bertz CT molecular complexity index is 771. The predicted molar refractivity (Wildman–Crippen MR) is 101 cm³/mol. The Morgan fingerprint density at radius 1 is 0.696 bits per heavy atom. The number of aryl methyl sites for hydroxylation is 1. The molecule has 0 heterocycles. The molecule has 0 aliphatic carbocycles. The smallest absolute Gasteiger partial charge is 0.121 e. The van der Waals surface area contributed by atoms with Crippen LogP contribution in [0.3, 0.4) is 0 Å². The van der Waals surface area contributed by atoms with Crippen LogP contribution in [0.15, 0.2) is 66.7 Å². The van der Waals surface area contributed by atoms with Crippen molar-refractivity contribution in [2.45, 2.75) is 20.8 Å². The molecule has 1 N–H and O–H groups in total. The van der Waals surface area contributed by atoms with E-state index in [4.69, 9.17) is 0 Å². The van der Waals surface area contributed by atoms with Crippen LogP contribution in [0.5, 0.6) is 5.75 Å². The van der Waals surface area contributed by atoms with Gasteiger partial charge in [0.1, 0.15) is 5.75 Å². The zero-order valence-electron chi connectivity index (χ0n) is 13.7. The lowest BCUT2D eigenvalue weighted by atomic mass is 10.1. The molecule has 0 atom stereocenters. The van der Waals surface area contributed by atoms with Crippen LogP contribution in [0.1, 0.15) is 16.7 Å². The standard InChI is InChI=1S/C21H21OP/c1-15-14-20(16(2)17(3)21(15)22)23(18-10-6-4-7-11-18)19-12-8-5-9-13-19/h4-14,22H,1-3H3. The number of benzene rings is 3. The molecule has 116 valence electrons. The second-order valence-corrected chi connectivity index (χ2v) is 8.00. The summed E-state index contributed by atoms with van der Waals surface area (Å²) in [6.07, 6.45) is 0. The highest BCUT2D eigenvalue weighted by Crippen LogP contribution is 2.37. The van der Waals surface area contributed by atoms with Crippen molar-refractivity contribution in [2.75, 3.05) is 0 Å². The number of rotatable bonds is 3. The van der Waals surface area contributed by atoms with E-state index in [-0.39, 0.29) is 0 Å². The first-order chi connectivity index (χ1) is 11.1. The highest BCUT2D eigenvalue weighted by Gasteiger charge is 2.20. The Balaban J connectivity index is 2.26. The van der Waals surface area contributed by atoms with Crippen molar-refractivity contribution in [1.29, 1.82) is 0 Å². The summed E-state index contributed by atoms with van der Waals surface area (Å²) >= 11 is 0. The fourth-order valence-corrected chi connectivity index (χ4v) is 5.48. The van der Waals surface area contributed by atoms with Gasteiger partial charge in [-0.05, 0) is 67.4 Å². The zero-order valence-corrected chi connectivity index (χ0v) is 14.6. The first-order valence-electron chi connectivity index (χ1n) is 7.79. The van der Waals surface area contributed by atoms with Crippen molar-refractivity contribution in [3.63, 3.8) is 0 Å². The maximum Gasteiger partial charge on any atom is 0.121 e. The molecule has 23 heavy (non-hydrogen) atoms. The molecule has 0 bridgehead atoms. The van der Waals surface area contributed by atoms with Gasteiger partial charge in [0.05, 0.1) is 0 Å². The fourth-order valence-electron chi connectivity index (χ4n) is 2.86. The minimum atomic E-state index is -0.623. The van der Waals surface area contributed by atoms with Crippen molar-refractivity contribution in [3.05, 3.63) is 83.4 Å². The van der Waals surface area contributed by atoms with Crippen LogP contribution in [0.2, 0.25) is 0 Å². The van der Waals surface area contributed by atoms with Gasteiger partial charge in [0.2, 0.25) is 0 Å². The number of aromatic hydroxyl groups is 1. The second kappa shape index (κ2) is 6.56. The quantitative estimate of drug-likeness (QED) is 0.721. The molecule has 0 spiro atoms. The molecule has 1 nitrogen and oxygen atoms in total. The highest BCUT2D eigenvalue weighted by atomic mass is 31.1. The topological polar surface area (TPSA) is 20.2 Å². The van der Waals surface area contributed by atoms with Crippen LogP contribution in [0, 0.1) is 20.8 Å². The van der Waals surface area contributed by atoms with E-state index in [1.807, 2.05) is 13.8 Å². The summed E-state index contributed by atoms with van der Waals surface area (Å²) in [7, 11) is -0.623. The van der Waals surface area contributed by atoms with Gasteiger partial charge < -0.3 is 5.11 Å². The average Bonchev–Trinajstić information content (AvgIpc) is 2.60. The molecule has 0 unspecified atom stereocenters. The van der Waals surface area contributed by atoms with Gasteiger partial charge in [0, 0.05) is 0 Å². The first-order valence-corrected chi connectivity index (χ1v) is 9.13. The summed E-state index contributed by atoms with van der Waals surface area (Å²) < 4.78 is 0. The normalized spacial score (nSPS) is 11.0.